The fourth-order valence-corrected chi connectivity index (χ4v) is 4.37. The van der Waals surface area contributed by atoms with Crippen molar-refractivity contribution in [2.24, 2.45) is 0 Å². The average Bonchev–Trinajstić information content (AvgIpc) is 3.22. The summed E-state index contributed by atoms with van der Waals surface area (Å²) in [6.45, 7) is 5.19. The maximum absolute atomic E-state index is 12.1. The van der Waals surface area contributed by atoms with E-state index in [0.29, 0.717) is 29.7 Å². The van der Waals surface area contributed by atoms with Crippen LogP contribution >= 0.6 is 11.3 Å². The summed E-state index contributed by atoms with van der Waals surface area (Å²) >= 11 is 1.31. The highest BCUT2D eigenvalue weighted by molar-refractivity contribution is 7.12. The number of ether oxygens (including phenoxy) is 2. The molecule has 1 aromatic heterocycles. The van der Waals surface area contributed by atoms with Crippen LogP contribution in [0.2, 0.25) is 0 Å². The maximum Gasteiger partial charge on any atom is 0.352 e. The zero-order valence-electron chi connectivity index (χ0n) is 17.1. The maximum atomic E-state index is 12.1. The van der Waals surface area contributed by atoms with Gasteiger partial charge in [-0.1, -0.05) is 43.7 Å². The molecule has 0 radical (unpaired) electrons. The second-order valence-electron chi connectivity index (χ2n) is 7.55. The van der Waals surface area contributed by atoms with Gasteiger partial charge in [0.1, 0.15) is 18.5 Å². The van der Waals surface area contributed by atoms with E-state index in [0.717, 1.165) is 38.8 Å². The van der Waals surface area contributed by atoms with Crippen LogP contribution in [0.4, 0.5) is 0 Å². The Labute approximate surface area is 177 Å². The van der Waals surface area contributed by atoms with E-state index in [1.54, 1.807) is 6.07 Å². The van der Waals surface area contributed by atoms with Crippen molar-refractivity contribution in [3.05, 3.63) is 52.2 Å². The third-order valence-corrected chi connectivity index (χ3v) is 6.18. The van der Waals surface area contributed by atoms with Crippen molar-refractivity contribution in [3.63, 3.8) is 0 Å². The highest BCUT2D eigenvalue weighted by Gasteiger charge is 2.23. The van der Waals surface area contributed by atoms with E-state index in [4.69, 9.17) is 9.47 Å². The van der Waals surface area contributed by atoms with Gasteiger partial charge in [0, 0.05) is 6.54 Å². The van der Waals surface area contributed by atoms with Crippen molar-refractivity contribution in [1.82, 2.24) is 4.90 Å². The van der Waals surface area contributed by atoms with Gasteiger partial charge in [0.2, 0.25) is 0 Å². The van der Waals surface area contributed by atoms with Crippen LogP contribution in [0.5, 0.6) is 5.75 Å². The summed E-state index contributed by atoms with van der Waals surface area (Å²) in [5.74, 6) is 0.757. The van der Waals surface area contributed by atoms with Crippen LogP contribution in [-0.2, 0) is 4.74 Å². The number of β-amino-alcohol motifs (C(OH)–C–C–N with tert-alkyl or cyclic N) is 1. The molecule has 158 valence electrons. The molecule has 1 aliphatic heterocycles. The van der Waals surface area contributed by atoms with E-state index in [9.17, 15) is 9.90 Å². The number of carbonyl (C=O) groups excluding carboxylic acids is 1. The van der Waals surface area contributed by atoms with E-state index < -0.39 is 6.10 Å². The molecule has 0 spiro atoms. The summed E-state index contributed by atoms with van der Waals surface area (Å²) in [5.41, 5.74) is 1.41. The first-order valence-corrected chi connectivity index (χ1v) is 11.4. The van der Waals surface area contributed by atoms with Gasteiger partial charge in [-0.15, -0.1) is 11.3 Å². The third-order valence-electron chi connectivity index (χ3n) is 5.30. The van der Waals surface area contributed by atoms with Gasteiger partial charge < -0.3 is 19.5 Å². The summed E-state index contributed by atoms with van der Waals surface area (Å²) in [5, 5.41) is 12.2. The van der Waals surface area contributed by atoms with Gasteiger partial charge in [-0.2, -0.15) is 0 Å². The highest BCUT2D eigenvalue weighted by Crippen LogP contribution is 2.28. The number of nitrogens with zero attached hydrogens (tertiary/aromatic N) is 1. The Morgan fingerprint density at radius 3 is 2.72 bits per heavy atom. The first-order chi connectivity index (χ1) is 14.2. The Morgan fingerprint density at radius 1 is 1.24 bits per heavy atom. The van der Waals surface area contributed by atoms with E-state index >= 15 is 0 Å². The molecule has 6 heteroatoms. The van der Waals surface area contributed by atoms with E-state index in [1.807, 2.05) is 5.38 Å². The lowest BCUT2D eigenvalue weighted by molar-refractivity contribution is 0.0478. The first kappa shape index (κ1) is 21.8. The zero-order valence-corrected chi connectivity index (χ0v) is 17.9. The molecule has 0 bridgehead atoms. The lowest BCUT2D eigenvalue weighted by atomic mass is 9.89. The quantitative estimate of drug-likeness (QED) is 0.461. The number of thiophene rings is 1. The molecule has 0 amide bonds. The van der Waals surface area contributed by atoms with Crippen molar-refractivity contribution in [2.75, 3.05) is 32.8 Å². The Kier molecular flexibility index (Phi) is 8.52. The molecule has 1 unspecified atom stereocenters. The molecule has 3 rings (SSSR count). The Balaban J connectivity index is 1.40. The number of likely N-dealkylation sites (tertiary alicyclic amines) is 1. The van der Waals surface area contributed by atoms with Crippen molar-refractivity contribution in [3.8, 4) is 5.75 Å². The molecule has 1 saturated heterocycles. The second-order valence-corrected chi connectivity index (χ2v) is 8.47. The molecule has 0 saturated carbocycles. The third kappa shape index (κ3) is 6.56. The molecule has 0 aliphatic carbocycles. The molecule has 2 aromatic rings. The van der Waals surface area contributed by atoms with Gasteiger partial charge >= 0.3 is 5.97 Å². The summed E-state index contributed by atoms with van der Waals surface area (Å²) in [4.78, 5) is 14.9. The monoisotopic (exact) mass is 417 g/mol. The first-order valence-electron chi connectivity index (χ1n) is 10.5. The molecule has 5 nitrogen and oxygen atoms in total. The molecular formula is C23H31NO4S. The van der Waals surface area contributed by atoms with E-state index in [2.05, 4.69) is 42.2 Å². The van der Waals surface area contributed by atoms with Gasteiger partial charge in [0.05, 0.1) is 6.61 Å². The van der Waals surface area contributed by atoms with Crippen LogP contribution in [0.3, 0.4) is 0 Å². The molecule has 1 aliphatic rings. The smallest absolute Gasteiger partial charge is 0.352 e. The summed E-state index contributed by atoms with van der Waals surface area (Å²) < 4.78 is 11.0. The predicted molar refractivity (Wildman–Crippen MR) is 116 cm³/mol. The number of aliphatic hydroxyl groups is 1. The van der Waals surface area contributed by atoms with Crippen molar-refractivity contribution in [2.45, 2.75) is 44.6 Å². The predicted octanol–water partition coefficient (Wildman–Crippen LogP) is 4.32. The highest BCUT2D eigenvalue weighted by atomic mass is 32.1. The molecule has 29 heavy (non-hydrogen) atoms. The van der Waals surface area contributed by atoms with E-state index in [-0.39, 0.29) is 12.6 Å². The van der Waals surface area contributed by atoms with Crippen molar-refractivity contribution < 1.29 is 19.4 Å². The Bertz CT molecular complexity index is 740. The number of hydrogen-bond acceptors (Lipinski definition) is 6. The second kappa shape index (κ2) is 11.3. The minimum Gasteiger partial charge on any atom is -0.489 e. The Morgan fingerprint density at radius 2 is 2.00 bits per heavy atom. The van der Waals surface area contributed by atoms with Crippen LogP contribution in [0.1, 0.15) is 53.8 Å². The zero-order chi connectivity index (χ0) is 20.5. The average molecular weight is 418 g/mol. The number of esters is 1. The van der Waals surface area contributed by atoms with E-state index in [1.165, 1.54) is 16.9 Å². The minimum absolute atomic E-state index is 0.171. The lowest BCUT2D eigenvalue weighted by Crippen LogP contribution is -2.40. The van der Waals surface area contributed by atoms with Gasteiger partial charge in [-0.25, -0.2) is 4.79 Å². The fraction of sp³-hybridized carbons (Fsp3) is 0.522. The molecule has 1 aromatic carbocycles. The summed E-state index contributed by atoms with van der Waals surface area (Å²) in [6, 6.07) is 12.4. The molecular weight excluding hydrogens is 386 g/mol. The number of aliphatic hydroxyl groups excluding tert-OH is 1. The number of benzene rings is 1. The topological polar surface area (TPSA) is 59.0 Å². The molecule has 2 heterocycles. The van der Waals surface area contributed by atoms with Crippen LogP contribution in [0.25, 0.3) is 0 Å². The van der Waals surface area contributed by atoms with Crippen LogP contribution in [0, 0.1) is 0 Å². The number of hydrogen-bond donors (Lipinski definition) is 1. The lowest BCUT2D eigenvalue weighted by Gasteiger charge is -2.33. The summed E-state index contributed by atoms with van der Waals surface area (Å²) in [7, 11) is 0. The van der Waals surface area contributed by atoms with Crippen molar-refractivity contribution in [1.29, 1.82) is 0 Å². The SMILES string of the molecule is CCCCOC(=O)c1sccc1OCC(O)CN1CCC(c2ccccc2)CC1. The van der Waals surface area contributed by atoms with Crippen molar-refractivity contribution >= 4 is 17.3 Å². The molecule has 1 N–H and O–H groups in total. The number of piperidine rings is 1. The van der Waals surface area contributed by atoms with Gasteiger partial charge in [-0.3, -0.25) is 0 Å². The van der Waals surface area contributed by atoms with Gasteiger partial charge in [0.15, 0.2) is 4.88 Å². The largest absolute Gasteiger partial charge is 0.489 e. The normalized spacial score (nSPS) is 16.5. The standard InChI is InChI=1S/C23H31NO4S/c1-2-3-14-27-23(26)22-21(11-15-29-22)28-17-20(25)16-24-12-9-19(10-13-24)18-7-5-4-6-8-18/h4-8,11,15,19-20,25H,2-3,9-10,12-14,16-17H2,1H3. The Hall–Kier alpha value is -1.89. The minimum atomic E-state index is -0.591. The number of carbonyl (C=O) groups is 1. The van der Waals surface area contributed by atoms with Crippen LogP contribution in [0.15, 0.2) is 41.8 Å². The van der Waals surface area contributed by atoms with Crippen LogP contribution in [-0.4, -0.2) is 54.9 Å². The summed E-state index contributed by atoms with van der Waals surface area (Å²) in [6.07, 6.45) is 3.46. The number of rotatable bonds is 10. The van der Waals surface area contributed by atoms with Gasteiger partial charge in [-0.05, 0) is 55.3 Å². The van der Waals surface area contributed by atoms with Crippen LogP contribution < -0.4 is 4.74 Å². The molecule has 1 fully saturated rings. The van der Waals surface area contributed by atoms with Gasteiger partial charge in [0.25, 0.3) is 0 Å². The fourth-order valence-electron chi connectivity index (χ4n) is 3.65. The number of unbranched alkanes of at least 4 members (excludes halogenated alkanes) is 1. The molecule has 1 atom stereocenters.